The van der Waals surface area contributed by atoms with Gasteiger partial charge in [-0.2, -0.15) is 11.8 Å². The SMILES string of the molecule is COc1ccc(Br)c(C(=O)NCC2(N3CCSCC3)CCOCC2)c1. The molecule has 0 aromatic heterocycles. The van der Waals surface area contributed by atoms with Gasteiger partial charge in [0.15, 0.2) is 0 Å². The summed E-state index contributed by atoms with van der Waals surface area (Å²) in [6, 6.07) is 5.46. The van der Waals surface area contributed by atoms with E-state index in [4.69, 9.17) is 9.47 Å². The normalized spacial score (nSPS) is 20.9. The molecular formula is C18H25BrN2O3S. The molecule has 5 nitrogen and oxygen atoms in total. The van der Waals surface area contributed by atoms with Gasteiger partial charge in [-0.15, -0.1) is 0 Å². The summed E-state index contributed by atoms with van der Waals surface area (Å²) in [7, 11) is 1.61. The van der Waals surface area contributed by atoms with E-state index in [9.17, 15) is 4.79 Å². The monoisotopic (exact) mass is 428 g/mol. The second kappa shape index (κ2) is 8.75. The maximum Gasteiger partial charge on any atom is 0.252 e. The lowest BCUT2D eigenvalue weighted by molar-refractivity contribution is -0.0237. The van der Waals surface area contributed by atoms with E-state index in [0.717, 1.165) is 55.1 Å². The number of carbonyl (C=O) groups excluding carboxylic acids is 1. The number of ether oxygens (including phenoxy) is 2. The third kappa shape index (κ3) is 4.51. The highest BCUT2D eigenvalue weighted by Gasteiger charge is 2.39. The zero-order valence-electron chi connectivity index (χ0n) is 14.6. The molecular weight excluding hydrogens is 404 g/mol. The number of benzene rings is 1. The van der Waals surface area contributed by atoms with Crippen LogP contribution in [-0.2, 0) is 4.74 Å². The number of hydrogen-bond donors (Lipinski definition) is 1. The highest BCUT2D eigenvalue weighted by atomic mass is 79.9. The zero-order chi connectivity index (χ0) is 17.7. The molecule has 0 bridgehead atoms. The van der Waals surface area contributed by atoms with Crippen LogP contribution in [0.5, 0.6) is 5.75 Å². The fraction of sp³-hybridized carbons (Fsp3) is 0.611. The predicted molar refractivity (Wildman–Crippen MR) is 105 cm³/mol. The van der Waals surface area contributed by atoms with Crippen LogP contribution in [0.1, 0.15) is 23.2 Å². The minimum absolute atomic E-state index is 0.0141. The number of rotatable bonds is 5. The maximum atomic E-state index is 12.8. The van der Waals surface area contributed by atoms with Crippen molar-refractivity contribution in [3.05, 3.63) is 28.2 Å². The van der Waals surface area contributed by atoms with Crippen LogP contribution in [0.25, 0.3) is 0 Å². The summed E-state index contributed by atoms with van der Waals surface area (Å²) >= 11 is 5.48. The van der Waals surface area contributed by atoms with Gasteiger partial charge in [0.05, 0.1) is 12.7 Å². The van der Waals surface area contributed by atoms with Crippen molar-refractivity contribution in [2.75, 3.05) is 51.5 Å². The van der Waals surface area contributed by atoms with Gasteiger partial charge in [0, 0.05) is 54.4 Å². The summed E-state index contributed by atoms with van der Waals surface area (Å²) in [5.74, 6) is 2.95. The molecule has 138 valence electrons. The lowest BCUT2D eigenvalue weighted by atomic mass is 9.87. The number of amides is 1. The number of hydrogen-bond acceptors (Lipinski definition) is 5. The van der Waals surface area contributed by atoms with Crippen LogP contribution in [0.3, 0.4) is 0 Å². The fourth-order valence-electron chi connectivity index (χ4n) is 3.54. The van der Waals surface area contributed by atoms with Crippen molar-refractivity contribution < 1.29 is 14.3 Å². The summed E-state index contributed by atoms with van der Waals surface area (Å²) in [4.78, 5) is 15.3. The molecule has 0 unspecified atom stereocenters. The number of carbonyl (C=O) groups is 1. The van der Waals surface area contributed by atoms with Crippen LogP contribution in [0.2, 0.25) is 0 Å². The first-order valence-electron chi connectivity index (χ1n) is 8.67. The van der Waals surface area contributed by atoms with Gasteiger partial charge in [-0.25, -0.2) is 0 Å². The molecule has 3 rings (SSSR count). The van der Waals surface area contributed by atoms with Crippen molar-refractivity contribution >= 4 is 33.6 Å². The van der Waals surface area contributed by atoms with Crippen molar-refractivity contribution in [2.24, 2.45) is 0 Å². The Morgan fingerprint density at radius 3 is 2.76 bits per heavy atom. The molecule has 1 aromatic rings. The Morgan fingerprint density at radius 1 is 1.36 bits per heavy atom. The zero-order valence-corrected chi connectivity index (χ0v) is 17.0. The van der Waals surface area contributed by atoms with E-state index in [1.807, 2.05) is 23.9 Å². The van der Waals surface area contributed by atoms with Crippen molar-refractivity contribution in [3.8, 4) is 5.75 Å². The Hall–Kier alpha value is -0.760. The van der Waals surface area contributed by atoms with Crippen LogP contribution >= 0.6 is 27.7 Å². The van der Waals surface area contributed by atoms with Gasteiger partial charge >= 0.3 is 0 Å². The number of nitrogens with one attached hydrogen (secondary N) is 1. The van der Waals surface area contributed by atoms with Gasteiger partial charge in [-0.3, -0.25) is 9.69 Å². The van der Waals surface area contributed by atoms with Crippen molar-refractivity contribution in [1.82, 2.24) is 10.2 Å². The molecule has 0 spiro atoms. The summed E-state index contributed by atoms with van der Waals surface area (Å²) in [6.07, 6.45) is 1.94. The highest BCUT2D eigenvalue weighted by Crippen LogP contribution is 2.30. The molecule has 0 aliphatic carbocycles. The van der Waals surface area contributed by atoms with E-state index < -0.39 is 0 Å². The van der Waals surface area contributed by atoms with Crippen molar-refractivity contribution in [1.29, 1.82) is 0 Å². The van der Waals surface area contributed by atoms with E-state index in [-0.39, 0.29) is 11.4 Å². The van der Waals surface area contributed by atoms with E-state index >= 15 is 0 Å². The molecule has 0 radical (unpaired) electrons. The molecule has 1 amide bonds. The molecule has 1 aromatic carbocycles. The molecule has 1 N–H and O–H groups in total. The van der Waals surface area contributed by atoms with E-state index in [0.29, 0.717) is 17.9 Å². The Labute approximate surface area is 161 Å². The molecule has 2 heterocycles. The van der Waals surface area contributed by atoms with Gasteiger partial charge in [0.2, 0.25) is 0 Å². The minimum Gasteiger partial charge on any atom is -0.497 e. The number of nitrogens with zero attached hydrogens (tertiary/aromatic N) is 1. The van der Waals surface area contributed by atoms with Crippen LogP contribution in [0.4, 0.5) is 0 Å². The number of thioether (sulfide) groups is 1. The van der Waals surface area contributed by atoms with Crippen molar-refractivity contribution in [3.63, 3.8) is 0 Å². The molecule has 2 saturated heterocycles. The first kappa shape index (κ1) is 19.0. The number of halogens is 1. The molecule has 2 aliphatic rings. The highest BCUT2D eigenvalue weighted by molar-refractivity contribution is 9.10. The molecule has 2 aliphatic heterocycles. The molecule has 7 heteroatoms. The molecule has 25 heavy (non-hydrogen) atoms. The Morgan fingerprint density at radius 2 is 2.08 bits per heavy atom. The average molecular weight is 429 g/mol. The first-order valence-corrected chi connectivity index (χ1v) is 10.6. The predicted octanol–water partition coefficient (Wildman–Crippen LogP) is 2.79. The van der Waals surface area contributed by atoms with Crippen LogP contribution < -0.4 is 10.1 Å². The summed E-state index contributed by atoms with van der Waals surface area (Å²) < 4.78 is 11.6. The minimum atomic E-state index is -0.0666. The molecule has 0 saturated carbocycles. The average Bonchev–Trinajstić information content (AvgIpc) is 2.68. The summed E-state index contributed by atoms with van der Waals surface area (Å²) in [5, 5.41) is 3.17. The Balaban J connectivity index is 1.71. The van der Waals surface area contributed by atoms with Gasteiger partial charge < -0.3 is 14.8 Å². The summed E-state index contributed by atoms with van der Waals surface area (Å²) in [5.41, 5.74) is 0.621. The van der Waals surface area contributed by atoms with Crippen LogP contribution in [0, 0.1) is 0 Å². The van der Waals surface area contributed by atoms with E-state index in [2.05, 4.69) is 26.1 Å². The smallest absolute Gasteiger partial charge is 0.252 e. The van der Waals surface area contributed by atoms with Crippen molar-refractivity contribution in [2.45, 2.75) is 18.4 Å². The second-order valence-electron chi connectivity index (χ2n) is 6.46. The quantitative estimate of drug-likeness (QED) is 0.780. The first-order chi connectivity index (χ1) is 12.1. The van der Waals surface area contributed by atoms with E-state index in [1.54, 1.807) is 13.2 Å². The molecule has 2 fully saturated rings. The third-order valence-corrected chi connectivity index (χ3v) is 6.74. The lowest BCUT2D eigenvalue weighted by Gasteiger charge is -2.48. The maximum absolute atomic E-state index is 12.8. The van der Waals surface area contributed by atoms with Gasteiger partial charge in [0.25, 0.3) is 5.91 Å². The fourth-order valence-corrected chi connectivity index (χ4v) is 4.87. The Bertz CT molecular complexity index is 602. The topological polar surface area (TPSA) is 50.8 Å². The largest absolute Gasteiger partial charge is 0.497 e. The van der Waals surface area contributed by atoms with E-state index in [1.165, 1.54) is 0 Å². The summed E-state index contributed by atoms with van der Waals surface area (Å²) in [6.45, 7) is 4.36. The van der Waals surface area contributed by atoms with Gasteiger partial charge in [0.1, 0.15) is 5.75 Å². The molecule has 0 atom stereocenters. The van der Waals surface area contributed by atoms with Gasteiger partial charge in [-0.1, -0.05) is 0 Å². The van der Waals surface area contributed by atoms with Gasteiger partial charge in [-0.05, 0) is 47.0 Å². The van der Waals surface area contributed by atoms with Crippen LogP contribution in [0.15, 0.2) is 22.7 Å². The Kier molecular flexibility index (Phi) is 6.66. The lowest BCUT2D eigenvalue weighted by Crippen LogP contribution is -2.60. The van der Waals surface area contributed by atoms with Crippen LogP contribution in [-0.4, -0.2) is 67.8 Å². The second-order valence-corrected chi connectivity index (χ2v) is 8.54. The number of methoxy groups -OCH3 is 1. The standard InChI is InChI=1S/C18H25BrN2O3S/c1-23-14-2-3-16(19)15(12-14)17(22)20-13-18(4-8-24-9-5-18)21-6-10-25-11-7-21/h2-3,12H,4-11,13H2,1H3,(H,20,22). The third-order valence-electron chi connectivity index (χ3n) is 5.10.